The fourth-order valence-corrected chi connectivity index (χ4v) is 8.90. The zero-order valence-electron chi connectivity index (χ0n) is 22.5. The van der Waals surface area contributed by atoms with E-state index >= 15 is 0 Å². The van der Waals surface area contributed by atoms with Crippen molar-refractivity contribution in [2.24, 2.45) is 28.6 Å². The lowest BCUT2D eigenvalue weighted by molar-refractivity contribution is -0.191. The van der Waals surface area contributed by atoms with Crippen molar-refractivity contribution in [1.29, 1.82) is 0 Å². The largest absolute Gasteiger partial charge is 0.456 e. The number of hydrogen-bond donors (Lipinski definition) is 5. The van der Waals surface area contributed by atoms with Crippen LogP contribution in [0.1, 0.15) is 79.6 Å². The van der Waals surface area contributed by atoms with Gasteiger partial charge in [0.2, 0.25) is 0 Å². The molecule has 0 radical (unpaired) electrons. The Morgan fingerprint density at radius 1 is 0.973 bits per heavy atom. The number of hydrogen-bond acceptors (Lipinski definition) is 8. The van der Waals surface area contributed by atoms with Gasteiger partial charge >= 0.3 is 5.97 Å². The molecule has 3 saturated carbocycles. The molecule has 1 aliphatic heterocycles. The quantitative estimate of drug-likeness (QED) is 0.357. The zero-order valence-corrected chi connectivity index (χ0v) is 22.5. The molecule has 5 aliphatic rings. The molecule has 0 aromatic rings. The van der Waals surface area contributed by atoms with Crippen molar-refractivity contribution in [3.8, 4) is 0 Å². The number of ketones is 1. The minimum Gasteiger partial charge on any atom is -0.456 e. The van der Waals surface area contributed by atoms with Gasteiger partial charge < -0.3 is 30.3 Å². The molecule has 0 aromatic heterocycles. The molecule has 10 atom stereocenters. The van der Waals surface area contributed by atoms with Gasteiger partial charge in [-0.25, -0.2) is 4.79 Å². The van der Waals surface area contributed by atoms with E-state index in [2.05, 4.69) is 0 Å². The average molecular weight is 519 g/mol. The standard InChI is InChI=1S/C29H42O8/c1-25(2,34)15-10-23(37-24(33)11-15)28(5,35)22-7-9-29(36)17-12-19(30)18-13-20(31)21(32)14-26(18,3)16(17)6-8-27(22,29)4/h11-12,16,18,20-23,31-32,34-36H,6-10,13-14H2,1-5H3/t16-,18-,20+,21-,22-,23-,26+,27+,28+,29+/m0/s1. The van der Waals surface area contributed by atoms with Gasteiger partial charge in [-0.2, -0.15) is 0 Å². The van der Waals surface area contributed by atoms with Crippen molar-refractivity contribution >= 4 is 11.8 Å². The molecular weight excluding hydrogens is 476 g/mol. The van der Waals surface area contributed by atoms with E-state index in [-0.39, 0.29) is 24.5 Å². The first-order chi connectivity index (χ1) is 16.9. The second-order valence-corrected chi connectivity index (χ2v) is 13.7. The number of fused-ring (bicyclic) bond motifs is 5. The number of cyclic esters (lactones) is 1. The number of esters is 1. The van der Waals surface area contributed by atoms with Gasteiger partial charge in [0, 0.05) is 23.8 Å². The fourth-order valence-electron chi connectivity index (χ4n) is 8.90. The molecule has 5 N–H and O–H groups in total. The van der Waals surface area contributed by atoms with E-state index in [4.69, 9.17) is 4.74 Å². The Morgan fingerprint density at radius 3 is 2.30 bits per heavy atom. The lowest BCUT2D eigenvalue weighted by Crippen LogP contribution is -2.63. The van der Waals surface area contributed by atoms with E-state index in [0.717, 1.165) is 0 Å². The fraction of sp³-hybridized carbons (Fsp3) is 0.793. The number of aliphatic hydroxyl groups excluding tert-OH is 2. The van der Waals surface area contributed by atoms with E-state index in [0.29, 0.717) is 43.3 Å². The first-order valence-electron chi connectivity index (χ1n) is 13.7. The molecule has 8 heteroatoms. The second kappa shape index (κ2) is 8.21. The molecule has 0 unspecified atom stereocenters. The topological polar surface area (TPSA) is 145 Å². The minimum atomic E-state index is -1.48. The van der Waals surface area contributed by atoms with E-state index in [1.807, 2.05) is 13.8 Å². The van der Waals surface area contributed by atoms with Crippen LogP contribution in [0.2, 0.25) is 0 Å². The van der Waals surface area contributed by atoms with Crippen LogP contribution in [0.3, 0.4) is 0 Å². The molecule has 37 heavy (non-hydrogen) atoms. The van der Waals surface area contributed by atoms with Crippen molar-refractivity contribution in [2.75, 3.05) is 0 Å². The monoisotopic (exact) mass is 518 g/mol. The number of aliphatic hydroxyl groups is 5. The Bertz CT molecular complexity index is 1070. The van der Waals surface area contributed by atoms with Gasteiger partial charge in [-0.15, -0.1) is 0 Å². The molecule has 206 valence electrons. The van der Waals surface area contributed by atoms with Gasteiger partial charge in [-0.3, -0.25) is 4.79 Å². The van der Waals surface area contributed by atoms with E-state index in [9.17, 15) is 35.1 Å². The molecule has 3 fully saturated rings. The van der Waals surface area contributed by atoms with Gasteiger partial charge in [-0.1, -0.05) is 13.8 Å². The van der Waals surface area contributed by atoms with Gasteiger partial charge in [0.05, 0.1) is 23.4 Å². The van der Waals surface area contributed by atoms with Gasteiger partial charge in [0.1, 0.15) is 11.7 Å². The number of rotatable bonds is 3. The van der Waals surface area contributed by atoms with Crippen molar-refractivity contribution in [2.45, 2.75) is 115 Å². The third-order valence-corrected chi connectivity index (χ3v) is 11.2. The smallest absolute Gasteiger partial charge is 0.331 e. The molecule has 4 aliphatic carbocycles. The average Bonchev–Trinajstić information content (AvgIpc) is 3.07. The SMILES string of the molecule is CC(C)(O)C1=CC(=O)O[C@H]([C@](C)(O)[C@H]2CC[C@@]3(O)C4=CC(=O)[C@@H]5C[C@@H](O)[C@@H](O)C[C@]5(C)[C@H]4CC[C@]23C)C1. The summed E-state index contributed by atoms with van der Waals surface area (Å²) in [5, 5.41) is 55.6. The minimum absolute atomic E-state index is 0.114. The van der Waals surface area contributed by atoms with Crippen LogP contribution in [0.15, 0.2) is 23.3 Å². The summed E-state index contributed by atoms with van der Waals surface area (Å²) in [5.74, 6) is -1.66. The van der Waals surface area contributed by atoms with Crippen LogP contribution < -0.4 is 0 Å². The number of carbonyl (C=O) groups excluding carboxylic acids is 2. The summed E-state index contributed by atoms with van der Waals surface area (Å²) < 4.78 is 5.60. The number of carbonyl (C=O) groups is 2. The van der Waals surface area contributed by atoms with Crippen LogP contribution in [0.4, 0.5) is 0 Å². The highest BCUT2D eigenvalue weighted by Gasteiger charge is 2.69. The zero-order chi connectivity index (χ0) is 27.3. The molecule has 0 bridgehead atoms. The molecule has 8 nitrogen and oxygen atoms in total. The molecule has 1 heterocycles. The van der Waals surface area contributed by atoms with Crippen LogP contribution in [0, 0.1) is 28.6 Å². The summed E-state index contributed by atoms with van der Waals surface area (Å²) in [7, 11) is 0. The summed E-state index contributed by atoms with van der Waals surface area (Å²) in [6.45, 7) is 8.82. The summed E-state index contributed by atoms with van der Waals surface area (Å²) in [6, 6.07) is 0. The molecule has 0 aromatic carbocycles. The summed E-state index contributed by atoms with van der Waals surface area (Å²) in [6.07, 6.45) is 2.98. The Labute approximate surface area is 218 Å². The van der Waals surface area contributed by atoms with Crippen LogP contribution in [-0.4, -0.2) is 72.4 Å². The summed E-state index contributed by atoms with van der Waals surface area (Å²) in [5.41, 5.74) is -4.21. The van der Waals surface area contributed by atoms with Crippen LogP contribution >= 0.6 is 0 Å². The van der Waals surface area contributed by atoms with E-state index in [1.165, 1.54) is 6.08 Å². The van der Waals surface area contributed by atoms with Crippen molar-refractivity contribution < 1.29 is 39.9 Å². The predicted molar refractivity (Wildman–Crippen MR) is 134 cm³/mol. The maximum Gasteiger partial charge on any atom is 0.331 e. The molecule has 0 amide bonds. The highest BCUT2D eigenvalue weighted by molar-refractivity contribution is 5.95. The lowest BCUT2D eigenvalue weighted by Gasteiger charge is -2.60. The predicted octanol–water partition coefficient (Wildman–Crippen LogP) is 1.95. The van der Waals surface area contributed by atoms with Crippen molar-refractivity contribution in [3.63, 3.8) is 0 Å². The van der Waals surface area contributed by atoms with Crippen molar-refractivity contribution in [1.82, 2.24) is 0 Å². The van der Waals surface area contributed by atoms with E-state index in [1.54, 1.807) is 26.8 Å². The normalized spacial score (nSPS) is 47.6. The summed E-state index contributed by atoms with van der Waals surface area (Å²) >= 11 is 0. The highest BCUT2D eigenvalue weighted by atomic mass is 16.6. The van der Waals surface area contributed by atoms with Gasteiger partial charge in [0.15, 0.2) is 5.78 Å². The Kier molecular flexibility index (Phi) is 5.99. The second-order valence-electron chi connectivity index (χ2n) is 13.7. The van der Waals surface area contributed by atoms with Gasteiger partial charge in [-0.05, 0) is 93.8 Å². The summed E-state index contributed by atoms with van der Waals surface area (Å²) in [4.78, 5) is 25.8. The van der Waals surface area contributed by atoms with Crippen LogP contribution in [0.25, 0.3) is 0 Å². The Hall–Kier alpha value is -1.58. The third kappa shape index (κ3) is 3.73. The van der Waals surface area contributed by atoms with Crippen LogP contribution in [0.5, 0.6) is 0 Å². The number of allylic oxidation sites excluding steroid dienone is 1. The van der Waals surface area contributed by atoms with E-state index < -0.39 is 63.8 Å². The first kappa shape index (κ1) is 27.0. The molecular formula is C29H42O8. The van der Waals surface area contributed by atoms with Gasteiger partial charge in [0.25, 0.3) is 0 Å². The maximum absolute atomic E-state index is 13.4. The van der Waals surface area contributed by atoms with Crippen LogP contribution in [-0.2, 0) is 14.3 Å². The Balaban J connectivity index is 1.49. The third-order valence-electron chi connectivity index (χ3n) is 11.2. The molecule has 0 saturated heterocycles. The Morgan fingerprint density at radius 2 is 1.65 bits per heavy atom. The lowest BCUT2D eigenvalue weighted by atomic mass is 9.45. The molecule has 5 rings (SSSR count). The molecule has 0 spiro atoms. The first-order valence-corrected chi connectivity index (χ1v) is 13.7. The number of ether oxygens (including phenoxy) is 1. The highest BCUT2D eigenvalue weighted by Crippen LogP contribution is 2.68. The maximum atomic E-state index is 13.4. The van der Waals surface area contributed by atoms with Crippen molar-refractivity contribution in [3.05, 3.63) is 23.3 Å².